The standard InChI is InChI=1S/C10H11N3O5/c1-18-9(14)5-12-7-4-6(10(11)15)2-3-8(7)13(16)17/h2-4,12H,5H2,1H3,(H2,11,15). The lowest BCUT2D eigenvalue weighted by Gasteiger charge is -2.07. The molecule has 0 aliphatic heterocycles. The molecule has 18 heavy (non-hydrogen) atoms. The largest absolute Gasteiger partial charge is 0.468 e. The minimum Gasteiger partial charge on any atom is -0.468 e. The SMILES string of the molecule is COC(=O)CNc1cc(C(N)=O)ccc1[N+](=O)[O-]. The molecule has 0 saturated carbocycles. The van der Waals surface area contributed by atoms with Crippen molar-refractivity contribution in [2.75, 3.05) is 19.0 Å². The van der Waals surface area contributed by atoms with E-state index < -0.39 is 16.8 Å². The molecule has 1 aromatic carbocycles. The predicted molar refractivity (Wildman–Crippen MR) is 62.1 cm³/mol. The number of hydrogen-bond donors (Lipinski definition) is 2. The van der Waals surface area contributed by atoms with Crippen molar-refractivity contribution in [2.45, 2.75) is 0 Å². The van der Waals surface area contributed by atoms with Crippen molar-refractivity contribution in [3.05, 3.63) is 33.9 Å². The van der Waals surface area contributed by atoms with Crippen LogP contribution >= 0.6 is 0 Å². The van der Waals surface area contributed by atoms with E-state index in [4.69, 9.17) is 5.73 Å². The molecule has 0 aromatic heterocycles. The zero-order chi connectivity index (χ0) is 13.7. The first-order valence-corrected chi connectivity index (χ1v) is 4.84. The Bertz CT molecular complexity index is 500. The molecule has 0 atom stereocenters. The zero-order valence-electron chi connectivity index (χ0n) is 9.50. The third-order valence-electron chi connectivity index (χ3n) is 2.13. The van der Waals surface area contributed by atoms with Crippen LogP contribution in [-0.4, -0.2) is 30.5 Å². The molecule has 1 aromatic rings. The molecule has 1 amide bonds. The molecule has 0 bridgehead atoms. The summed E-state index contributed by atoms with van der Waals surface area (Å²) in [5.41, 5.74) is 4.94. The normalized spacial score (nSPS) is 9.61. The molecule has 96 valence electrons. The number of carbonyl (C=O) groups excluding carboxylic acids is 2. The lowest BCUT2D eigenvalue weighted by Crippen LogP contribution is -2.17. The fourth-order valence-corrected chi connectivity index (χ4v) is 1.23. The van der Waals surface area contributed by atoms with E-state index in [1.165, 1.54) is 19.2 Å². The summed E-state index contributed by atoms with van der Waals surface area (Å²) in [6.07, 6.45) is 0. The van der Waals surface area contributed by atoms with E-state index in [1.54, 1.807) is 0 Å². The van der Waals surface area contributed by atoms with Gasteiger partial charge in [-0.2, -0.15) is 0 Å². The first-order valence-electron chi connectivity index (χ1n) is 4.84. The van der Waals surface area contributed by atoms with Crippen molar-refractivity contribution in [3.8, 4) is 0 Å². The van der Waals surface area contributed by atoms with Gasteiger partial charge in [-0.1, -0.05) is 0 Å². The molecule has 0 heterocycles. The molecule has 0 radical (unpaired) electrons. The second-order valence-corrected chi connectivity index (χ2v) is 3.28. The molecule has 0 fully saturated rings. The van der Waals surface area contributed by atoms with Crippen LogP contribution in [0, 0.1) is 10.1 Å². The quantitative estimate of drug-likeness (QED) is 0.441. The summed E-state index contributed by atoms with van der Waals surface area (Å²) in [4.78, 5) is 32.0. The van der Waals surface area contributed by atoms with Gasteiger partial charge in [0.1, 0.15) is 12.2 Å². The van der Waals surface area contributed by atoms with Crippen LogP contribution in [0.25, 0.3) is 0 Å². The van der Waals surface area contributed by atoms with E-state index in [0.717, 1.165) is 6.07 Å². The predicted octanol–water partition coefficient (Wildman–Crippen LogP) is 0.279. The van der Waals surface area contributed by atoms with Gasteiger partial charge in [0.05, 0.1) is 12.0 Å². The summed E-state index contributed by atoms with van der Waals surface area (Å²) >= 11 is 0. The second-order valence-electron chi connectivity index (χ2n) is 3.28. The monoisotopic (exact) mass is 253 g/mol. The molecule has 1 rings (SSSR count). The maximum absolute atomic E-state index is 11.0. The lowest BCUT2D eigenvalue weighted by molar-refractivity contribution is -0.383. The molecule has 3 N–H and O–H groups in total. The number of benzene rings is 1. The average molecular weight is 253 g/mol. The van der Waals surface area contributed by atoms with E-state index in [1.807, 2.05) is 0 Å². The first kappa shape index (κ1) is 13.4. The molecule has 0 saturated heterocycles. The van der Waals surface area contributed by atoms with Crippen LogP contribution in [-0.2, 0) is 9.53 Å². The van der Waals surface area contributed by atoms with E-state index in [-0.39, 0.29) is 23.5 Å². The third-order valence-corrected chi connectivity index (χ3v) is 2.13. The smallest absolute Gasteiger partial charge is 0.325 e. The lowest BCUT2D eigenvalue weighted by atomic mass is 10.1. The number of amides is 1. The van der Waals surface area contributed by atoms with Crippen LogP contribution in [0.1, 0.15) is 10.4 Å². The Morgan fingerprint density at radius 1 is 1.50 bits per heavy atom. The fourth-order valence-electron chi connectivity index (χ4n) is 1.23. The van der Waals surface area contributed by atoms with Gasteiger partial charge in [0.2, 0.25) is 5.91 Å². The second kappa shape index (κ2) is 5.62. The Morgan fingerprint density at radius 3 is 2.67 bits per heavy atom. The van der Waals surface area contributed by atoms with Gasteiger partial charge in [0.15, 0.2) is 0 Å². The molecule has 8 heteroatoms. The maximum Gasteiger partial charge on any atom is 0.325 e. The van der Waals surface area contributed by atoms with Crippen molar-refractivity contribution in [3.63, 3.8) is 0 Å². The molecular formula is C10H11N3O5. The van der Waals surface area contributed by atoms with Crippen molar-refractivity contribution >= 4 is 23.3 Å². The minimum atomic E-state index is -0.717. The fraction of sp³-hybridized carbons (Fsp3) is 0.200. The Kier molecular flexibility index (Phi) is 4.19. The number of nitrogens with zero attached hydrogens (tertiary/aromatic N) is 1. The van der Waals surface area contributed by atoms with E-state index >= 15 is 0 Å². The number of nitrogens with one attached hydrogen (secondary N) is 1. The number of nitro groups is 1. The average Bonchev–Trinajstić information content (AvgIpc) is 2.35. The van der Waals surface area contributed by atoms with Gasteiger partial charge >= 0.3 is 5.97 Å². The van der Waals surface area contributed by atoms with Gasteiger partial charge < -0.3 is 15.8 Å². The number of esters is 1. The van der Waals surface area contributed by atoms with Gasteiger partial charge in [0.25, 0.3) is 5.69 Å². The van der Waals surface area contributed by atoms with E-state index in [9.17, 15) is 19.7 Å². The van der Waals surface area contributed by atoms with E-state index in [0.29, 0.717) is 0 Å². The number of ether oxygens (including phenoxy) is 1. The van der Waals surface area contributed by atoms with Crippen LogP contribution in [0.3, 0.4) is 0 Å². The summed E-state index contributed by atoms with van der Waals surface area (Å²) in [6.45, 7) is -0.250. The summed E-state index contributed by atoms with van der Waals surface area (Å²) < 4.78 is 4.39. The number of methoxy groups -OCH3 is 1. The van der Waals surface area contributed by atoms with Crippen LogP contribution in [0.15, 0.2) is 18.2 Å². The summed E-state index contributed by atoms with van der Waals surface area (Å²) in [5, 5.41) is 13.3. The van der Waals surface area contributed by atoms with Crippen molar-refractivity contribution in [2.24, 2.45) is 5.73 Å². The highest BCUT2D eigenvalue weighted by atomic mass is 16.6. The highest BCUT2D eigenvalue weighted by Crippen LogP contribution is 2.25. The van der Waals surface area contributed by atoms with Gasteiger partial charge in [-0.05, 0) is 12.1 Å². The Morgan fingerprint density at radius 2 is 2.17 bits per heavy atom. The van der Waals surface area contributed by atoms with Crippen LogP contribution in [0.2, 0.25) is 0 Å². The molecule has 0 unspecified atom stereocenters. The zero-order valence-corrected chi connectivity index (χ0v) is 9.50. The molecule has 8 nitrogen and oxygen atoms in total. The van der Waals surface area contributed by atoms with Crippen molar-refractivity contribution in [1.29, 1.82) is 0 Å². The number of nitrogens with two attached hydrogens (primary N) is 1. The number of rotatable bonds is 5. The van der Waals surface area contributed by atoms with Crippen LogP contribution < -0.4 is 11.1 Å². The van der Waals surface area contributed by atoms with Crippen molar-refractivity contribution < 1.29 is 19.2 Å². The Labute approximate surface area is 102 Å². The minimum absolute atomic E-state index is 0.0294. The number of primary amides is 1. The number of hydrogen-bond acceptors (Lipinski definition) is 6. The number of nitro benzene ring substituents is 1. The Balaban J connectivity index is 3.03. The molecule has 0 spiro atoms. The number of anilines is 1. The maximum atomic E-state index is 11.0. The third kappa shape index (κ3) is 3.17. The molecular weight excluding hydrogens is 242 g/mol. The van der Waals surface area contributed by atoms with Crippen molar-refractivity contribution in [1.82, 2.24) is 0 Å². The van der Waals surface area contributed by atoms with Crippen LogP contribution in [0.4, 0.5) is 11.4 Å². The van der Waals surface area contributed by atoms with Gasteiger partial charge in [-0.3, -0.25) is 19.7 Å². The highest BCUT2D eigenvalue weighted by molar-refractivity contribution is 5.94. The van der Waals surface area contributed by atoms with Gasteiger partial charge in [-0.15, -0.1) is 0 Å². The topological polar surface area (TPSA) is 125 Å². The first-order chi connectivity index (χ1) is 8.45. The summed E-state index contributed by atoms with van der Waals surface area (Å²) in [6, 6.07) is 3.59. The molecule has 0 aliphatic carbocycles. The number of carbonyl (C=O) groups is 2. The Hall–Kier alpha value is -2.64. The van der Waals surface area contributed by atoms with Crippen LogP contribution in [0.5, 0.6) is 0 Å². The van der Waals surface area contributed by atoms with Gasteiger partial charge in [-0.25, -0.2) is 0 Å². The highest BCUT2D eigenvalue weighted by Gasteiger charge is 2.16. The molecule has 0 aliphatic rings. The van der Waals surface area contributed by atoms with E-state index in [2.05, 4.69) is 10.1 Å². The van der Waals surface area contributed by atoms with Gasteiger partial charge in [0, 0.05) is 11.6 Å². The summed E-state index contributed by atoms with van der Waals surface area (Å²) in [7, 11) is 1.19. The summed E-state index contributed by atoms with van der Waals surface area (Å²) in [5.74, 6) is -1.31.